The Kier molecular flexibility index (Phi) is 14.9. The minimum atomic E-state index is -1.37. The van der Waals surface area contributed by atoms with Crippen molar-refractivity contribution in [2.75, 3.05) is 20.2 Å². The van der Waals surface area contributed by atoms with E-state index >= 15 is 0 Å². The van der Waals surface area contributed by atoms with Gasteiger partial charge in [-0.3, -0.25) is 19.2 Å². The van der Waals surface area contributed by atoms with Crippen LogP contribution in [-0.4, -0.2) is 66.5 Å². The zero-order chi connectivity index (χ0) is 31.2. The summed E-state index contributed by atoms with van der Waals surface area (Å²) in [5, 5.41) is 5.04. The van der Waals surface area contributed by atoms with E-state index in [0.29, 0.717) is 12.0 Å². The molecule has 0 heterocycles. The number of ether oxygens (including phenoxy) is 2. The largest absolute Gasteiger partial charge is 0.468 e. The molecule has 1 rings (SSSR count). The number of benzene rings is 1. The molecule has 11 heteroatoms. The van der Waals surface area contributed by atoms with E-state index in [4.69, 9.17) is 10.5 Å². The second kappa shape index (κ2) is 17.2. The third-order valence-electron chi connectivity index (χ3n) is 6.18. The highest BCUT2D eigenvalue weighted by Gasteiger charge is 2.37. The van der Waals surface area contributed by atoms with Gasteiger partial charge < -0.3 is 30.7 Å². The molecule has 4 amide bonds. The molecule has 2 unspecified atom stereocenters. The highest BCUT2D eigenvalue weighted by atomic mass is 16.6. The van der Waals surface area contributed by atoms with Crippen LogP contribution in [0.3, 0.4) is 0 Å². The summed E-state index contributed by atoms with van der Waals surface area (Å²) < 4.78 is 9.98. The topological polar surface area (TPSA) is 157 Å². The lowest BCUT2D eigenvalue weighted by molar-refractivity contribution is -0.145. The van der Waals surface area contributed by atoms with Gasteiger partial charge in [0.1, 0.15) is 24.2 Å². The van der Waals surface area contributed by atoms with Crippen molar-refractivity contribution < 1.29 is 33.4 Å². The van der Waals surface area contributed by atoms with Crippen LogP contribution in [0.25, 0.3) is 0 Å². The zero-order valence-corrected chi connectivity index (χ0v) is 25.6. The molecule has 0 aliphatic carbocycles. The molecule has 0 aliphatic rings. The number of nitrogens with two attached hydrogens (primary N) is 1. The number of rotatable bonds is 16. The van der Waals surface area contributed by atoms with Gasteiger partial charge >= 0.3 is 12.1 Å². The van der Waals surface area contributed by atoms with Gasteiger partial charge in [-0.15, -0.1) is 0 Å². The Balaban J connectivity index is 3.53. The average Bonchev–Trinajstić information content (AvgIpc) is 2.85. The Morgan fingerprint density at radius 2 is 1.54 bits per heavy atom. The van der Waals surface area contributed by atoms with E-state index in [1.807, 2.05) is 19.9 Å². The summed E-state index contributed by atoms with van der Waals surface area (Å²) in [5.41, 5.74) is 6.88. The number of methoxy groups -OCH3 is 1. The molecule has 41 heavy (non-hydrogen) atoms. The molecule has 0 saturated heterocycles. The van der Waals surface area contributed by atoms with Crippen molar-refractivity contribution in [3.05, 3.63) is 34.9 Å². The molecule has 0 saturated carbocycles. The Morgan fingerprint density at radius 1 is 0.951 bits per heavy atom. The molecule has 4 N–H and O–H groups in total. The Labute approximate surface area is 243 Å². The highest BCUT2D eigenvalue weighted by Crippen LogP contribution is 2.26. The molecular formula is C30H48N4O7. The third-order valence-corrected chi connectivity index (χ3v) is 6.18. The molecule has 2 atom stereocenters. The van der Waals surface area contributed by atoms with Gasteiger partial charge in [0.25, 0.3) is 0 Å². The monoisotopic (exact) mass is 576 g/mol. The second-order valence-electron chi connectivity index (χ2n) is 11.3. The van der Waals surface area contributed by atoms with Crippen LogP contribution in [0.5, 0.6) is 0 Å². The summed E-state index contributed by atoms with van der Waals surface area (Å²) >= 11 is 0. The maximum absolute atomic E-state index is 14.1. The maximum Gasteiger partial charge on any atom is 0.408 e. The van der Waals surface area contributed by atoms with Crippen LogP contribution in [0, 0.1) is 13.8 Å². The van der Waals surface area contributed by atoms with E-state index in [1.54, 1.807) is 32.9 Å². The number of hydrogen-bond acceptors (Lipinski definition) is 7. The number of carbonyl (C=O) groups excluding carboxylic acids is 5. The summed E-state index contributed by atoms with van der Waals surface area (Å²) in [6.07, 6.45) is 4.21. The molecule has 0 spiro atoms. The number of alkyl carbamates (subject to hydrolysis) is 1. The molecule has 1 aromatic rings. The number of esters is 1. The molecular weight excluding hydrogens is 528 g/mol. The molecule has 0 aliphatic heterocycles. The normalized spacial score (nSPS) is 12.6. The van der Waals surface area contributed by atoms with Crippen molar-refractivity contribution in [3.63, 3.8) is 0 Å². The number of hydrogen-bond donors (Lipinski definition) is 3. The van der Waals surface area contributed by atoms with Gasteiger partial charge in [0.15, 0.2) is 0 Å². The van der Waals surface area contributed by atoms with Gasteiger partial charge in [-0.2, -0.15) is 0 Å². The lowest BCUT2D eigenvalue weighted by Crippen LogP contribution is -2.54. The maximum atomic E-state index is 14.1. The quantitative estimate of drug-likeness (QED) is 0.200. The first-order chi connectivity index (χ1) is 19.2. The highest BCUT2D eigenvalue weighted by molar-refractivity contribution is 5.95. The number of nitrogens with zero attached hydrogens (tertiary/aromatic N) is 1. The first-order valence-corrected chi connectivity index (χ1v) is 14.2. The van der Waals surface area contributed by atoms with Gasteiger partial charge in [-0.1, -0.05) is 68.4 Å². The summed E-state index contributed by atoms with van der Waals surface area (Å²) in [6, 6.07) is 3.00. The lowest BCUT2D eigenvalue weighted by Gasteiger charge is -2.34. The van der Waals surface area contributed by atoms with Crippen molar-refractivity contribution in [3.8, 4) is 0 Å². The summed E-state index contributed by atoms with van der Waals surface area (Å²) in [7, 11) is 1.21. The van der Waals surface area contributed by atoms with Crippen molar-refractivity contribution in [1.82, 2.24) is 15.5 Å². The fraction of sp³-hybridized carbons (Fsp3) is 0.633. The average molecular weight is 577 g/mol. The number of aryl methyl sites for hydroxylation is 2. The van der Waals surface area contributed by atoms with E-state index in [9.17, 15) is 24.0 Å². The van der Waals surface area contributed by atoms with Crippen LogP contribution in [0.15, 0.2) is 18.2 Å². The second-order valence-corrected chi connectivity index (χ2v) is 11.3. The Bertz CT molecular complexity index is 1030. The minimum Gasteiger partial charge on any atom is -0.468 e. The first kappa shape index (κ1) is 35.4. The van der Waals surface area contributed by atoms with Crippen LogP contribution in [-0.2, 0) is 28.7 Å². The van der Waals surface area contributed by atoms with E-state index in [2.05, 4.69) is 22.3 Å². The Hall–Kier alpha value is -3.63. The number of primary amides is 1. The van der Waals surface area contributed by atoms with Gasteiger partial charge in [0, 0.05) is 6.54 Å². The minimum absolute atomic E-state index is 0.166. The molecule has 0 radical (unpaired) electrons. The molecule has 1 aromatic carbocycles. The van der Waals surface area contributed by atoms with Crippen LogP contribution in [0.2, 0.25) is 0 Å². The van der Waals surface area contributed by atoms with E-state index in [0.717, 1.165) is 43.2 Å². The summed E-state index contributed by atoms with van der Waals surface area (Å²) in [6.45, 7) is 10.7. The fourth-order valence-electron chi connectivity index (χ4n) is 4.45. The van der Waals surface area contributed by atoms with Gasteiger partial charge in [0.2, 0.25) is 17.7 Å². The van der Waals surface area contributed by atoms with Crippen molar-refractivity contribution in [2.45, 2.75) is 104 Å². The summed E-state index contributed by atoms with van der Waals surface area (Å²) in [4.78, 5) is 65.5. The van der Waals surface area contributed by atoms with Crippen molar-refractivity contribution in [2.24, 2.45) is 5.73 Å². The van der Waals surface area contributed by atoms with Gasteiger partial charge in [0.05, 0.1) is 13.5 Å². The molecule has 0 bridgehead atoms. The number of unbranched alkanes of at least 4 members (excludes halogenated alkanes) is 5. The zero-order valence-electron chi connectivity index (χ0n) is 25.6. The SMILES string of the molecule is CCCCCCCCN(C(=O)C(CC(N)=O)NC(=O)OC(C)(C)C)C(C(=O)NCC(=O)OC)c1cc(C)cc(C)c1. The van der Waals surface area contributed by atoms with E-state index in [-0.39, 0.29) is 6.54 Å². The molecule has 0 fully saturated rings. The van der Waals surface area contributed by atoms with Gasteiger partial charge in [-0.25, -0.2) is 4.79 Å². The van der Waals surface area contributed by atoms with Crippen molar-refractivity contribution >= 4 is 29.8 Å². The molecule has 0 aromatic heterocycles. The number of amides is 4. The van der Waals surface area contributed by atoms with Crippen LogP contribution in [0.1, 0.15) is 95.4 Å². The number of carbonyl (C=O) groups is 5. The predicted octanol–water partition coefficient (Wildman–Crippen LogP) is 3.59. The van der Waals surface area contributed by atoms with E-state index < -0.39 is 60.4 Å². The van der Waals surface area contributed by atoms with Crippen molar-refractivity contribution in [1.29, 1.82) is 0 Å². The van der Waals surface area contributed by atoms with Crippen LogP contribution >= 0.6 is 0 Å². The van der Waals surface area contributed by atoms with Crippen LogP contribution < -0.4 is 16.4 Å². The summed E-state index contributed by atoms with van der Waals surface area (Å²) in [5.74, 6) is -2.73. The first-order valence-electron chi connectivity index (χ1n) is 14.2. The molecule has 11 nitrogen and oxygen atoms in total. The Morgan fingerprint density at radius 3 is 2.07 bits per heavy atom. The lowest BCUT2D eigenvalue weighted by atomic mass is 9.97. The predicted molar refractivity (Wildman–Crippen MR) is 156 cm³/mol. The standard InChI is InChI=1S/C30H48N4O7/c1-8-9-10-11-12-13-14-34(28(38)23(18-24(31)35)33-29(39)41-30(4,5)6)26(27(37)32-19-25(36)40-7)22-16-20(2)15-21(3)17-22/h15-17,23,26H,8-14,18-19H2,1-7H3,(H2,31,35)(H,32,37)(H,33,39). The smallest absolute Gasteiger partial charge is 0.408 e. The van der Waals surface area contributed by atoms with E-state index in [1.165, 1.54) is 12.0 Å². The van der Waals surface area contributed by atoms with Crippen LogP contribution in [0.4, 0.5) is 4.79 Å². The molecule has 230 valence electrons. The van der Waals surface area contributed by atoms with Gasteiger partial charge in [-0.05, 0) is 46.6 Å². The third kappa shape index (κ3) is 13.5. The fourth-order valence-corrected chi connectivity index (χ4v) is 4.45. The number of nitrogens with one attached hydrogen (secondary N) is 2.